The largest absolute Gasteiger partial charge is 0.470 e. The van der Waals surface area contributed by atoms with E-state index in [2.05, 4.69) is 15.6 Å². The van der Waals surface area contributed by atoms with E-state index in [0.29, 0.717) is 16.9 Å². The van der Waals surface area contributed by atoms with E-state index >= 15 is 0 Å². The Hall–Kier alpha value is -3.94. The van der Waals surface area contributed by atoms with Gasteiger partial charge in [0.1, 0.15) is 12.1 Å². The molecule has 0 radical (unpaired) electrons. The van der Waals surface area contributed by atoms with E-state index in [0.717, 1.165) is 0 Å². The van der Waals surface area contributed by atoms with Crippen molar-refractivity contribution in [3.63, 3.8) is 0 Å². The summed E-state index contributed by atoms with van der Waals surface area (Å²) in [7, 11) is 1.59. The van der Waals surface area contributed by atoms with Crippen LogP contribution in [0.4, 0.5) is 20.6 Å². The third kappa shape index (κ3) is 3.60. The van der Waals surface area contributed by atoms with Crippen LogP contribution in [0.3, 0.4) is 0 Å². The molecule has 2 heterocycles. The summed E-state index contributed by atoms with van der Waals surface area (Å²) >= 11 is 0. The molecule has 8 heteroatoms. The third-order valence-electron chi connectivity index (χ3n) is 4.52. The molecule has 0 bridgehead atoms. The van der Waals surface area contributed by atoms with Crippen molar-refractivity contribution in [2.24, 2.45) is 4.99 Å². The Balaban J connectivity index is 1.76. The van der Waals surface area contributed by atoms with E-state index in [1.165, 1.54) is 23.5 Å². The van der Waals surface area contributed by atoms with Crippen LogP contribution in [0.5, 0.6) is 0 Å². The zero-order valence-electron chi connectivity index (χ0n) is 15.4. The van der Waals surface area contributed by atoms with Gasteiger partial charge in [-0.1, -0.05) is 30.3 Å². The number of para-hydroxylation sites is 1. The first-order chi connectivity index (χ1) is 14.0. The van der Waals surface area contributed by atoms with Crippen LogP contribution in [-0.2, 0) is 4.79 Å². The highest BCUT2D eigenvalue weighted by Crippen LogP contribution is 2.28. The number of urea groups is 1. The third-order valence-corrected chi connectivity index (χ3v) is 4.52. The first-order valence-corrected chi connectivity index (χ1v) is 8.84. The lowest BCUT2D eigenvalue weighted by atomic mass is 10.00. The van der Waals surface area contributed by atoms with Crippen LogP contribution in [0, 0.1) is 5.82 Å². The molecule has 0 saturated heterocycles. The highest BCUT2D eigenvalue weighted by molar-refractivity contribution is 6.20. The van der Waals surface area contributed by atoms with E-state index in [9.17, 15) is 14.0 Å². The van der Waals surface area contributed by atoms with E-state index < -0.39 is 23.9 Å². The SMILES string of the molecule is CN1C(=O)C(NC(=O)Nc2ccoc2)N=C(c2ccccc2F)c2ccccc21. The van der Waals surface area contributed by atoms with Crippen molar-refractivity contribution >= 4 is 29.0 Å². The van der Waals surface area contributed by atoms with Gasteiger partial charge < -0.3 is 20.0 Å². The second-order valence-electron chi connectivity index (χ2n) is 6.38. The molecule has 7 nitrogen and oxygen atoms in total. The van der Waals surface area contributed by atoms with E-state index in [1.807, 2.05) is 0 Å². The van der Waals surface area contributed by atoms with Gasteiger partial charge in [-0.2, -0.15) is 0 Å². The highest BCUT2D eigenvalue weighted by Gasteiger charge is 2.31. The number of likely N-dealkylation sites (N-methyl/N-ethyl adjacent to an activating group) is 1. The van der Waals surface area contributed by atoms with Gasteiger partial charge in [0.05, 0.1) is 23.3 Å². The summed E-state index contributed by atoms with van der Waals surface area (Å²) in [6.07, 6.45) is 1.52. The smallest absolute Gasteiger partial charge is 0.321 e. The lowest BCUT2D eigenvalue weighted by Gasteiger charge is -2.20. The summed E-state index contributed by atoms with van der Waals surface area (Å²) in [6, 6.07) is 14.2. The molecule has 3 aromatic rings. The Morgan fingerprint density at radius 3 is 2.55 bits per heavy atom. The van der Waals surface area contributed by atoms with Gasteiger partial charge in [0, 0.05) is 24.2 Å². The van der Waals surface area contributed by atoms with Crippen LogP contribution in [0.1, 0.15) is 11.1 Å². The van der Waals surface area contributed by atoms with Crippen molar-refractivity contribution in [1.29, 1.82) is 0 Å². The number of benzodiazepines with no additional fused rings is 1. The first kappa shape index (κ1) is 18.4. The van der Waals surface area contributed by atoms with Crippen molar-refractivity contribution in [3.05, 3.63) is 84.1 Å². The maximum absolute atomic E-state index is 14.5. The van der Waals surface area contributed by atoms with Gasteiger partial charge in [-0.15, -0.1) is 0 Å². The normalized spacial score (nSPS) is 15.9. The average Bonchev–Trinajstić information content (AvgIpc) is 3.20. The number of aliphatic imine (C=N–C) groups is 1. The lowest BCUT2D eigenvalue weighted by Crippen LogP contribution is -2.47. The standard InChI is InChI=1S/C21H17FN4O3/c1-26-17-9-5-3-7-15(17)18(14-6-2-4-8-16(14)22)24-19(20(26)27)25-21(28)23-13-10-11-29-12-13/h2-12,19H,1H3,(H2,23,25,28). The van der Waals surface area contributed by atoms with Gasteiger partial charge in [0.2, 0.25) is 6.17 Å². The molecule has 1 aromatic heterocycles. The molecule has 1 aliphatic heterocycles. The molecular weight excluding hydrogens is 375 g/mol. The number of fused-ring (bicyclic) bond motifs is 1. The van der Waals surface area contributed by atoms with Crippen LogP contribution in [0.2, 0.25) is 0 Å². The minimum absolute atomic E-state index is 0.241. The molecule has 4 rings (SSSR count). The summed E-state index contributed by atoms with van der Waals surface area (Å²) in [4.78, 5) is 31.2. The number of benzene rings is 2. The molecule has 146 valence electrons. The van der Waals surface area contributed by atoms with Crippen molar-refractivity contribution < 1.29 is 18.4 Å². The van der Waals surface area contributed by atoms with E-state index in [-0.39, 0.29) is 11.3 Å². The van der Waals surface area contributed by atoms with Crippen LogP contribution < -0.4 is 15.5 Å². The van der Waals surface area contributed by atoms with Gasteiger partial charge in [-0.05, 0) is 18.2 Å². The monoisotopic (exact) mass is 392 g/mol. The molecule has 1 unspecified atom stereocenters. The Bertz CT molecular complexity index is 1090. The summed E-state index contributed by atoms with van der Waals surface area (Å²) in [5.74, 6) is -0.925. The Morgan fingerprint density at radius 2 is 1.83 bits per heavy atom. The number of rotatable bonds is 3. The number of halogens is 1. The maximum Gasteiger partial charge on any atom is 0.321 e. The van der Waals surface area contributed by atoms with Crippen LogP contribution in [0.25, 0.3) is 0 Å². The zero-order valence-corrected chi connectivity index (χ0v) is 15.4. The fourth-order valence-corrected chi connectivity index (χ4v) is 3.11. The number of nitrogens with one attached hydrogen (secondary N) is 2. The first-order valence-electron chi connectivity index (χ1n) is 8.84. The average molecular weight is 392 g/mol. The van der Waals surface area contributed by atoms with Gasteiger partial charge in [-0.25, -0.2) is 14.2 Å². The van der Waals surface area contributed by atoms with Crippen molar-refractivity contribution in [2.75, 3.05) is 17.3 Å². The minimum Gasteiger partial charge on any atom is -0.470 e. The number of hydrogen-bond acceptors (Lipinski definition) is 4. The fourth-order valence-electron chi connectivity index (χ4n) is 3.11. The predicted octanol–water partition coefficient (Wildman–Crippen LogP) is 3.38. The fraction of sp³-hybridized carbons (Fsp3) is 0.0952. The second-order valence-corrected chi connectivity index (χ2v) is 6.38. The summed E-state index contributed by atoms with van der Waals surface area (Å²) < 4.78 is 19.5. The van der Waals surface area contributed by atoms with Gasteiger partial charge >= 0.3 is 6.03 Å². The molecule has 29 heavy (non-hydrogen) atoms. The van der Waals surface area contributed by atoms with E-state index in [4.69, 9.17) is 4.42 Å². The number of nitrogens with zero attached hydrogens (tertiary/aromatic N) is 2. The molecule has 0 spiro atoms. The topological polar surface area (TPSA) is 86.9 Å². The maximum atomic E-state index is 14.5. The lowest BCUT2D eigenvalue weighted by molar-refractivity contribution is -0.119. The molecule has 3 amide bonds. The molecule has 0 fully saturated rings. The van der Waals surface area contributed by atoms with E-state index in [1.54, 1.807) is 55.6 Å². The minimum atomic E-state index is -1.24. The molecule has 0 aliphatic carbocycles. The zero-order chi connectivity index (χ0) is 20.4. The number of amides is 3. The molecule has 2 N–H and O–H groups in total. The number of hydrogen-bond donors (Lipinski definition) is 2. The summed E-state index contributed by atoms with van der Waals surface area (Å²) in [5, 5.41) is 5.09. The van der Waals surface area contributed by atoms with Gasteiger partial charge in [0.25, 0.3) is 5.91 Å². The quantitative estimate of drug-likeness (QED) is 0.716. The van der Waals surface area contributed by atoms with Crippen LogP contribution in [0.15, 0.2) is 76.5 Å². The van der Waals surface area contributed by atoms with Crippen molar-refractivity contribution in [3.8, 4) is 0 Å². The number of furan rings is 1. The molecule has 1 aliphatic rings. The molecule has 0 saturated carbocycles. The number of carbonyl (C=O) groups is 2. The van der Waals surface area contributed by atoms with Crippen molar-refractivity contribution in [1.82, 2.24) is 5.32 Å². The Kier molecular flexibility index (Phi) is 4.82. The van der Waals surface area contributed by atoms with Crippen LogP contribution in [-0.4, -0.2) is 30.9 Å². The van der Waals surface area contributed by atoms with Crippen molar-refractivity contribution in [2.45, 2.75) is 6.17 Å². The second kappa shape index (κ2) is 7.59. The number of anilines is 2. The van der Waals surface area contributed by atoms with Crippen LogP contribution >= 0.6 is 0 Å². The summed E-state index contributed by atoms with van der Waals surface area (Å²) in [6.45, 7) is 0. The molecule has 1 atom stereocenters. The highest BCUT2D eigenvalue weighted by atomic mass is 19.1. The van der Waals surface area contributed by atoms with Gasteiger partial charge in [0.15, 0.2) is 0 Å². The Morgan fingerprint density at radius 1 is 1.10 bits per heavy atom. The molecule has 2 aromatic carbocycles. The van der Waals surface area contributed by atoms with Gasteiger partial charge in [-0.3, -0.25) is 4.79 Å². The molecular formula is C21H17FN4O3. The predicted molar refractivity (Wildman–Crippen MR) is 107 cm³/mol. The summed E-state index contributed by atoms with van der Waals surface area (Å²) in [5.41, 5.74) is 2.11. The number of carbonyl (C=O) groups excluding carboxylic acids is 2. The Labute approximate surface area is 165 Å².